The third kappa shape index (κ3) is 2.68. The SMILES string of the molecule is COc1cccc(C#CCOC2=CN3CCC2C3)c1. The number of nitrogens with zero attached hydrogens (tertiary/aromatic N) is 1. The smallest absolute Gasteiger partial charge is 0.149 e. The maximum absolute atomic E-state index is 5.73. The minimum absolute atomic E-state index is 0.452. The number of fused-ring (bicyclic) bond motifs is 2. The van der Waals surface area contributed by atoms with E-state index in [1.165, 1.54) is 13.0 Å². The van der Waals surface area contributed by atoms with Gasteiger partial charge in [-0.15, -0.1) is 0 Å². The molecule has 2 bridgehead atoms. The van der Waals surface area contributed by atoms with Gasteiger partial charge in [-0.05, 0) is 24.6 Å². The lowest BCUT2D eigenvalue weighted by Crippen LogP contribution is -2.08. The van der Waals surface area contributed by atoms with Crippen LogP contribution in [0.4, 0.5) is 0 Å². The van der Waals surface area contributed by atoms with Crippen LogP contribution in [0.5, 0.6) is 5.75 Å². The lowest BCUT2D eigenvalue weighted by Gasteiger charge is -2.12. The summed E-state index contributed by atoms with van der Waals surface area (Å²) in [5.41, 5.74) is 0.952. The molecule has 3 nitrogen and oxygen atoms in total. The van der Waals surface area contributed by atoms with Crippen LogP contribution in [0.15, 0.2) is 36.2 Å². The molecule has 0 saturated carbocycles. The Bertz CT molecular complexity index is 553. The average Bonchev–Trinajstić information content (AvgIpc) is 3.06. The van der Waals surface area contributed by atoms with Crippen LogP contribution in [-0.2, 0) is 4.74 Å². The molecule has 98 valence electrons. The van der Waals surface area contributed by atoms with Gasteiger partial charge >= 0.3 is 0 Å². The summed E-state index contributed by atoms with van der Waals surface area (Å²) in [6.07, 6.45) is 3.34. The molecule has 1 unspecified atom stereocenters. The predicted molar refractivity (Wildman–Crippen MR) is 73.6 cm³/mol. The van der Waals surface area contributed by atoms with Crippen LogP contribution in [-0.4, -0.2) is 31.7 Å². The highest BCUT2D eigenvalue weighted by Gasteiger charge is 2.31. The van der Waals surface area contributed by atoms with Crippen LogP contribution in [0.2, 0.25) is 0 Å². The summed E-state index contributed by atoms with van der Waals surface area (Å²) in [7, 11) is 1.66. The molecule has 2 aliphatic heterocycles. The molecular weight excluding hydrogens is 238 g/mol. The van der Waals surface area contributed by atoms with Crippen LogP contribution < -0.4 is 4.74 Å². The van der Waals surface area contributed by atoms with Crippen molar-refractivity contribution in [2.24, 2.45) is 5.92 Å². The Morgan fingerprint density at radius 2 is 2.37 bits per heavy atom. The van der Waals surface area contributed by atoms with E-state index in [9.17, 15) is 0 Å². The molecule has 1 saturated heterocycles. The molecule has 1 atom stereocenters. The van der Waals surface area contributed by atoms with Gasteiger partial charge in [0.15, 0.2) is 0 Å². The third-order valence-corrected chi connectivity index (χ3v) is 3.55. The van der Waals surface area contributed by atoms with Gasteiger partial charge in [-0.25, -0.2) is 0 Å². The Morgan fingerprint density at radius 1 is 1.42 bits per heavy atom. The van der Waals surface area contributed by atoms with Crippen molar-refractivity contribution in [1.29, 1.82) is 0 Å². The summed E-state index contributed by atoms with van der Waals surface area (Å²) < 4.78 is 10.9. The van der Waals surface area contributed by atoms with Gasteiger partial charge in [-0.3, -0.25) is 0 Å². The molecule has 0 spiro atoms. The van der Waals surface area contributed by atoms with Gasteiger partial charge < -0.3 is 14.4 Å². The van der Waals surface area contributed by atoms with Crippen LogP contribution in [0, 0.1) is 17.8 Å². The van der Waals surface area contributed by atoms with Crippen molar-refractivity contribution >= 4 is 0 Å². The van der Waals surface area contributed by atoms with Crippen molar-refractivity contribution in [2.45, 2.75) is 6.42 Å². The highest BCUT2D eigenvalue weighted by Crippen LogP contribution is 2.31. The minimum atomic E-state index is 0.452. The Balaban J connectivity index is 1.55. The first-order valence-electron chi connectivity index (χ1n) is 6.56. The monoisotopic (exact) mass is 255 g/mol. The second-order valence-corrected chi connectivity index (χ2v) is 4.83. The lowest BCUT2D eigenvalue weighted by atomic mass is 10.1. The van der Waals surface area contributed by atoms with Crippen LogP contribution in [0.1, 0.15) is 12.0 Å². The highest BCUT2D eigenvalue weighted by molar-refractivity contribution is 5.39. The van der Waals surface area contributed by atoms with E-state index >= 15 is 0 Å². The van der Waals surface area contributed by atoms with E-state index < -0.39 is 0 Å². The van der Waals surface area contributed by atoms with Crippen molar-refractivity contribution < 1.29 is 9.47 Å². The summed E-state index contributed by atoms with van der Waals surface area (Å²) >= 11 is 0. The van der Waals surface area contributed by atoms with E-state index in [4.69, 9.17) is 9.47 Å². The molecule has 0 N–H and O–H groups in total. The Labute approximate surface area is 113 Å². The first-order chi connectivity index (χ1) is 9.35. The minimum Gasteiger partial charge on any atom is -0.497 e. The van der Waals surface area contributed by atoms with E-state index in [0.29, 0.717) is 12.5 Å². The fraction of sp³-hybridized carbons (Fsp3) is 0.375. The second-order valence-electron chi connectivity index (χ2n) is 4.83. The van der Waals surface area contributed by atoms with Gasteiger partial charge in [0.2, 0.25) is 0 Å². The second kappa shape index (κ2) is 5.27. The summed E-state index contributed by atoms with van der Waals surface area (Å²) in [6.45, 7) is 2.75. The summed E-state index contributed by atoms with van der Waals surface area (Å²) in [5, 5.41) is 0. The predicted octanol–water partition coefficient (Wildman–Crippen LogP) is 2.24. The molecule has 2 aliphatic rings. The van der Waals surface area contributed by atoms with Gasteiger partial charge in [0, 0.05) is 30.8 Å². The molecule has 0 aromatic heterocycles. The van der Waals surface area contributed by atoms with Gasteiger partial charge in [0.1, 0.15) is 18.1 Å². The van der Waals surface area contributed by atoms with E-state index in [0.717, 1.165) is 23.6 Å². The van der Waals surface area contributed by atoms with Crippen LogP contribution in [0.3, 0.4) is 0 Å². The van der Waals surface area contributed by atoms with Crippen molar-refractivity contribution in [1.82, 2.24) is 4.90 Å². The molecular formula is C16H17NO2. The number of methoxy groups -OCH3 is 1. The first kappa shape index (κ1) is 12.0. The maximum Gasteiger partial charge on any atom is 0.149 e. The maximum atomic E-state index is 5.73. The van der Waals surface area contributed by atoms with Gasteiger partial charge in [-0.1, -0.05) is 17.9 Å². The number of ether oxygens (including phenoxy) is 2. The zero-order valence-corrected chi connectivity index (χ0v) is 11.1. The normalized spacial score (nSPS) is 19.7. The molecule has 0 aliphatic carbocycles. The Morgan fingerprint density at radius 3 is 3.11 bits per heavy atom. The zero-order chi connectivity index (χ0) is 13.1. The molecule has 3 rings (SSSR count). The Kier molecular flexibility index (Phi) is 3.33. The first-order valence-corrected chi connectivity index (χ1v) is 6.56. The fourth-order valence-electron chi connectivity index (χ4n) is 2.54. The largest absolute Gasteiger partial charge is 0.497 e. The van der Waals surface area contributed by atoms with Crippen LogP contribution >= 0.6 is 0 Å². The molecule has 3 heteroatoms. The van der Waals surface area contributed by atoms with E-state index in [2.05, 4.69) is 22.9 Å². The Hall–Kier alpha value is -2.08. The van der Waals surface area contributed by atoms with Gasteiger partial charge in [0.25, 0.3) is 0 Å². The van der Waals surface area contributed by atoms with E-state index in [-0.39, 0.29) is 0 Å². The van der Waals surface area contributed by atoms with Gasteiger partial charge in [-0.2, -0.15) is 0 Å². The standard InChI is InChI=1S/C16H17NO2/c1-18-15-6-2-4-13(10-15)5-3-9-19-16-12-17-8-7-14(16)11-17/h2,4,6,10,12,14H,7-9,11H2,1H3. The number of rotatable bonds is 3. The average molecular weight is 255 g/mol. The van der Waals surface area contributed by atoms with E-state index in [1.807, 2.05) is 24.3 Å². The molecule has 2 heterocycles. The highest BCUT2D eigenvalue weighted by atomic mass is 16.5. The van der Waals surface area contributed by atoms with Crippen molar-refractivity contribution in [2.75, 3.05) is 26.8 Å². The number of benzene rings is 1. The lowest BCUT2D eigenvalue weighted by molar-refractivity contribution is 0.218. The molecule has 0 amide bonds. The number of hydrogen-bond acceptors (Lipinski definition) is 3. The zero-order valence-electron chi connectivity index (χ0n) is 11.1. The van der Waals surface area contributed by atoms with Crippen molar-refractivity contribution in [3.8, 4) is 17.6 Å². The molecule has 19 heavy (non-hydrogen) atoms. The van der Waals surface area contributed by atoms with Crippen molar-refractivity contribution in [3.05, 3.63) is 41.8 Å². The molecule has 1 aromatic rings. The van der Waals surface area contributed by atoms with Crippen molar-refractivity contribution in [3.63, 3.8) is 0 Å². The van der Waals surface area contributed by atoms with Crippen LogP contribution in [0.25, 0.3) is 0 Å². The fourth-order valence-corrected chi connectivity index (χ4v) is 2.54. The number of hydrogen-bond donors (Lipinski definition) is 0. The third-order valence-electron chi connectivity index (χ3n) is 3.55. The quantitative estimate of drug-likeness (QED) is 0.773. The molecule has 1 fully saturated rings. The van der Waals surface area contributed by atoms with E-state index in [1.54, 1.807) is 7.11 Å². The van der Waals surface area contributed by atoms with Gasteiger partial charge in [0.05, 0.1) is 7.11 Å². The summed E-state index contributed by atoms with van der Waals surface area (Å²) in [5.74, 6) is 8.67. The topological polar surface area (TPSA) is 21.7 Å². The molecule has 1 aromatic carbocycles. The molecule has 0 radical (unpaired) electrons. The summed E-state index contributed by atoms with van der Waals surface area (Å²) in [4.78, 5) is 2.31. The summed E-state index contributed by atoms with van der Waals surface area (Å²) in [6, 6.07) is 7.75.